The third kappa shape index (κ3) is 3.11. The first kappa shape index (κ1) is 14.4. The second kappa shape index (κ2) is 6.43. The van der Waals surface area contributed by atoms with Crippen molar-refractivity contribution in [3.05, 3.63) is 42.0 Å². The Hall–Kier alpha value is -2.01. The highest BCUT2D eigenvalue weighted by atomic mass is 16.5. The number of aromatic nitrogens is 2. The van der Waals surface area contributed by atoms with Crippen molar-refractivity contribution in [1.29, 1.82) is 0 Å². The van der Waals surface area contributed by atoms with E-state index in [1.165, 1.54) is 0 Å². The van der Waals surface area contributed by atoms with Gasteiger partial charge in [-0.15, -0.1) is 0 Å². The molecule has 0 saturated heterocycles. The summed E-state index contributed by atoms with van der Waals surface area (Å²) < 4.78 is 13.0. The van der Waals surface area contributed by atoms with Crippen molar-refractivity contribution in [2.24, 2.45) is 0 Å². The molecule has 0 radical (unpaired) electrons. The molecule has 1 aromatic carbocycles. The Labute approximate surface area is 118 Å². The molecule has 2 aromatic rings. The molecule has 0 saturated carbocycles. The lowest BCUT2D eigenvalue weighted by atomic mass is 10.1. The van der Waals surface area contributed by atoms with Gasteiger partial charge in [0.1, 0.15) is 18.1 Å². The molecule has 0 fully saturated rings. The van der Waals surface area contributed by atoms with Gasteiger partial charge in [0.05, 0.1) is 31.4 Å². The number of imidazole rings is 1. The molecule has 20 heavy (non-hydrogen) atoms. The molecule has 5 nitrogen and oxygen atoms in total. The zero-order valence-corrected chi connectivity index (χ0v) is 12.0. The van der Waals surface area contributed by atoms with E-state index in [0.29, 0.717) is 18.1 Å². The average Bonchev–Trinajstić information content (AvgIpc) is 2.91. The molecule has 1 N–H and O–H groups in total. The lowest BCUT2D eigenvalue weighted by molar-refractivity contribution is 0.189. The van der Waals surface area contributed by atoms with Crippen LogP contribution in [-0.4, -0.2) is 21.8 Å². The number of rotatable bonds is 6. The van der Waals surface area contributed by atoms with Crippen LogP contribution in [0.5, 0.6) is 11.5 Å². The Morgan fingerprint density at radius 2 is 2.20 bits per heavy atom. The highest BCUT2D eigenvalue weighted by molar-refractivity contribution is 5.41. The predicted octanol–water partition coefficient (Wildman–Crippen LogP) is 2.54. The van der Waals surface area contributed by atoms with Crippen molar-refractivity contribution in [2.75, 3.05) is 7.11 Å². The van der Waals surface area contributed by atoms with Gasteiger partial charge < -0.3 is 19.1 Å². The number of benzene rings is 1. The van der Waals surface area contributed by atoms with Gasteiger partial charge in [-0.25, -0.2) is 4.98 Å². The zero-order valence-electron chi connectivity index (χ0n) is 12.0. The maximum absolute atomic E-state index is 9.79. The van der Waals surface area contributed by atoms with Crippen LogP contribution in [0.2, 0.25) is 0 Å². The molecule has 0 aliphatic heterocycles. The summed E-state index contributed by atoms with van der Waals surface area (Å²) in [5.41, 5.74) is 1.74. The van der Waals surface area contributed by atoms with Gasteiger partial charge in [0, 0.05) is 18.2 Å². The Morgan fingerprint density at radius 3 is 2.85 bits per heavy atom. The van der Waals surface area contributed by atoms with Crippen LogP contribution in [0.15, 0.2) is 30.7 Å². The SMILES string of the molecule is CCn1cncc1COc1cc(OC)ccc1[C@@H](C)O. The van der Waals surface area contributed by atoms with E-state index in [9.17, 15) is 5.11 Å². The number of nitrogens with zero attached hydrogens (tertiary/aromatic N) is 2. The highest BCUT2D eigenvalue weighted by Gasteiger charge is 2.11. The van der Waals surface area contributed by atoms with Crippen molar-refractivity contribution < 1.29 is 14.6 Å². The normalized spacial score (nSPS) is 12.2. The molecule has 5 heteroatoms. The number of ether oxygens (including phenoxy) is 2. The molecular formula is C15H20N2O3. The largest absolute Gasteiger partial charge is 0.497 e. The third-order valence-corrected chi connectivity index (χ3v) is 3.19. The molecule has 0 unspecified atom stereocenters. The third-order valence-electron chi connectivity index (χ3n) is 3.19. The van der Waals surface area contributed by atoms with Crippen molar-refractivity contribution in [3.63, 3.8) is 0 Å². The van der Waals surface area contributed by atoms with Gasteiger partial charge in [0.15, 0.2) is 0 Å². The molecule has 1 atom stereocenters. The summed E-state index contributed by atoms with van der Waals surface area (Å²) in [6, 6.07) is 5.41. The van der Waals surface area contributed by atoms with Crippen molar-refractivity contribution in [1.82, 2.24) is 9.55 Å². The van der Waals surface area contributed by atoms with Gasteiger partial charge >= 0.3 is 0 Å². The second-order valence-electron chi connectivity index (χ2n) is 4.54. The maximum atomic E-state index is 9.79. The molecule has 108 valence electrons. The summed E-state index contributed by atoms with van der Waals surface area (Å²) >= 11 is 0. The van der Waals surface area contributed by atoms with E-state index < -0.39 is 6.10 Å². The van der Waals surface area contributed by atoms with E-state index in [4.69, 9.17) is 9.47 Å². The fourth-order valence-electron chi connectivity index (χ4n) is 2.02. The quantitative estimate of drug-likeness (QED) is 0.881. The Bertz CT molecular complexity index is 564. The molecule has 0 aliphatic carbocycles. The van der Waals surface area contributed by atoms with E-state index in [2.05, 4.69) is 11.9 Å². The van der Waals surface area contributed by atoms with Crippen LogP contribution >= 0.6 is 0 Å². The smallest absolute Gasteiger partial charge is 0.130 e. The molecular weight excluding hydrogens is 256 g/mol. The van der Waals surface area contributed by atoms with Crippen LogP contribution in [0, 0.1) is 0 Å². The minimum atomic E-state index is -0.591. The van der Waals surface area contributed by atoms with Crippen molar-refractivity contribution >= 4 is 0 Å². The van der Waals surface area contributed by atoms with E-state index in [-0.39, 0.29) is 0 Å². The molecule has 0 amide bonds. The topological polar surface area (TPSA) is 56.5 Å². The van der Waals surface area contributed by atoms with Gasteiger partial charge in [-0.3, -0.25) is 0 Å². The van der Waals surface area contributed by atoms with Crippen LogP contribution in [0.1, 0.15) is 31.2 Å². The number of hydrogen-bond acceptors (Lipinski definition) is 4. The number of aliphatic hydroxyl groups is 1. The minimum Gasteiger partial charge on any atom is -0.497 e. The summed E-state index contributed by atoms with van der Waals surface area (Å²) in [4.78, 5) is 4.11. The predicted molar refractivity (Wildman–Crippen MR) is 75.9 cm³/mol. The van der Waals surface area contributed by atoms with Crippen LogP contribution < -0.4 is 9.47 Å². The summed E-state index contributed by atoms with van der Waals surface area (Å²) in [6.07, 6.45) is 2.97. The van der Waals surface area contributed by atoms with E-state index in [1.54, 1.807) is 32.6 Å². The van der Waals surface area contributed by atoms with E-state index in [1.807, 2.05) is 16.7 Å². The van der Waals surface area contributed by atoms with Crippen LogP contribution in [0.3, 0.4) is 0 Å². The highest BCUT2D eigenvalue weighted by Crippen LogP contribution is 2.30. The first-order valence-electron chi connectivity index (χ1n) is 6.63. The molecule has 0 aliphatic rings. The minimum absolute atomic E-state index is 0.403. The van der Waals surface area contributed by atoms with Gasteiger partial charge in [-0.05, 0) is 26.0 Å². The summed E-state index contributed by atoms with van der Waals surface area (Å²) in [7, 11) is 1.60. The van der Waals surface area contributed by atoms with E-state index >= 15 is 0 Å². The van der Waals surface area contributed by atoms with E-state index in [0.717, 1.165) is 17.8 Å². The zero-order chi connectivity index (χ0) is 14.5. The number of aryl methyl sites for hydroxylation is 1. The lowest BCUT2D eigenvalue weighted by Gasteiger charge is -2.15. The van der Waals surface area contributed by atoms with Gasteiger partial charge in [-0.1, -0.05) is 0 Å². The monoisotopic (exact) mass is 276 g/mol. The number of methoxy groups -OCH3 is 1. The van der Waals surface area contributed by atoms with Crippen molar-refractivity contribution in [3.8, 4) is 11.5 Å². The Kier molecular flexibility index (Phi) is 4.63. The summed E-state index contributed by atoms with van der Waals surface area (Å²) in [5.74, 6) is 1.33. The number of hydrogen-bond donors (Lipinski definition) is 1. The van der Waals surface area contributed by atoms with Crippen molar-refractivity contribution in [2.45, 2.75) is 33.1 Å². The van der Waals surface area contributed by atoms with Gasteiger partial charge in [0.2, 0.25) is 0 Å². The maximum Gasteiger partial charge on any atom is 0.130 e. The fraction of sp³-hybridized carbons (Fsp3) is 0.400. The van der Waals surface area contributed by atoms with Gasteiger partial charge in [-0.2, -0.15) is 0 Å². The lowest BCUT2D eigenvalue weighted by Crippen LogP contribution is -2.06. The number of aliphatic hydroxyl groups excluding tert-OH is 1. The Balaban J connectivity index is 2.19. The van der Waals surface area contributed by atoms with Crippen LogP contribution in [0.4, 0.5) is 0 Å². The molecule has 0 spiro atoms. The average molecular weight is 276 g/mol. The summed E-state index contributed by atoms with van der Waals surface area (Å²) in [5, 5.41) is 9.79. The fourth-order valence-corrected chi connectivity index (χ4v) is 2.02. The standard InChI is InChI=1S/C15H20N2O3/c1-4-17-10-16-8-12(17)9-20-15-7-13(19-3)5-6-14(15)11(2)18/h5-8,10-11,18H,4,9H2,1-3H3/t11-/m1/s1. The summed E-state index contributed by atoms with van der Waals surface area (Å²) in [6.45, 7) is 5.02. The van der Waals surface area contributed by atoms with Crippen LogP contribution in [-0.2, 0) is 13.2 Å². The second-order valence-corrected chi connectivity index (χ2v) is 4.54. The molecule has 2 rings (SSSR count). The molecule has 1 aromatic heterocycles. The molecule has 0 bridgehead atoms. The molecule has 1 heterocycles. The Morgan fingerprint density at radius 1 is 1.40 bits per heavy atom. The van der Waals surface area contributed by atoms with Gasteiger partial charge in [0.25, 0.3) is 0 Å². The van der Waals surface area contributed by atoms with Crippen LogP contribution in [0.25, 0.3) is 0 Å². The first-order chi connectivity index (χ1) is 9.65. The first-order valence-corrected chi connectivity index (χ1v) is 6.63.